The number of rotatable bonds is 3. The van der Waals surface area contributed by atoms with Crippen LogP contribution in [0.2, 0.25) is 0 Å². The maximum Gasteiger partial charge on any atom is 0.416 e. The average Bonchev–Trinajstić information content (AvgIpc) is 3.10. The van der Waals surface area contributed by atoms with Gasteiger partial charge in [-0.1, -0.05) is 13.0 Å². The van der Waals surface area contributed by atoms with Crippen molar-refractivity contribution >= 4 is 16.9 Å². The highest BCUT2D eigenvalue weighted by Gasteiger charge is 2.33. The van der Waals surface area contributed by atoms with Gasteiger partial charge in [-0.3, -0.25) is 9.30 Å². The van der Waals surface area contributed by atoms with Gasteiger partial charge in [0.1, 0.15) is 0 Å². The van der Waals surface area contributed by atoms with E-state index >= 15 is 0 Å². The molecule has 25 heavy (non-hydrogen) atoms. The summed E-state index contributed by atoms with van der Waals surface area (Å²) >= 11 is 0. The summed E-state index contributed by atoms with van der Waals surface area (Å²) in [4.78, 5) is 8.99. The highest BCUT2D eigenvalue weighted by molar-refractivity contribution is 7.83. The molecule has 9 heteroatoms. The maximum absolute atomic E-state index is 12.9. The van der Waals surface area contributed by atoms with Crippen molar-refractivity contribution in [1.29, 1.82) is 0 Å². The van der Waals surface area contributed by atoms with Gasteiger partial charge in [-0.25, -0.2) is 4.21 Å². The third-order valence-corrected chi connectivity index (χ3v) is 5.85. The highest BCUT2D eigenvalue weighted by Crippen LogP contribution is 2.30. The van der Waals surface area contributed by atoms with Crippen molar-refractivity contribution < 1.29 is 17.4 Å². The molecule has 1 unspecified atom stereocenters. The third kappa shape index (κ3) is 3.98. The molecule has 0 aliphatic carbocycles. The monoisotopic (exact) mass is 374 g/mol. The second-order valence-electron chi connectivity index (χ2n) is 5.98. The second-order valence-corrected chi connectivity index (χ2v) is 7.39. The minimum Gasteiger partial charge on any atom is -0.339 e. The van der Waals surface area contributed by atoms with Crippen LogP contribution in [0.25, 0.3) is 0 Å². The lowest BCUT2D eigenvalue weighted by atomic mass is 10.2. The van der Waals surface area contributed by atoms with E-state index in [0.717, 1.165) is 44.9 Å². The number of benzene rings is 1. The molecule has 1 aromatic carbocycles. The first kappa shape index (κ1) is 18.2. The molecular formula is C16H21F3N4OS. The number of guanidine groups is 1. The van der Waals surface area contributed by atoms with Gasteiger partial charge in [0, 0.05) is 26.2 Å². The first-order valence-corrected chi connectivity index (χ1v) is 9.39. The van der Waals surface area contributed by atoms with Crippen LogP contribution in [0.15, 0.2) is 34.2 Å². The molecule has 138 valence electrons. The molecule has 2 aliphatic heterocycles. The smallest absolute Gasteiger partial charge is 0.339 e. The molecule has 0 spiro atoms. The molecule has 1 aromatic rings. The number of hydrogen-bond acceptors (Lipinski definition) is 4. The van der Waals surface area contributed by atoms with E-state index in [4.69, 9.17) is 0 Å². The summed E-state index contributed by atoms with van der Waals surface area (Å²) in [5.41, 5.74) is -0.785. The Balaban J connectivity index is 1.75. The Labute approximate surface area is 147 Å². The highest BCUT2D eigenvalue weighted by atomic mass is 32.2. The summed E-state index contributed by atoms with van der Waals surface area (Å²) in [6.45, 7) is 7.42. The van der Waals surface area contributed by atoms with E-state index in [1.807, 2.05) is 0 Å². The van der Waals surface area contributed by atoms with Gasteiger partial charge in [-0.15, -0.1) is 0 Å². The Morgan fingerprint density at radius 1 is 1.16 bits per heavy atom. The summed E-state index contributed by atoms with van der Waals surface area (Å²) < 4.78 is 53.2. The van der Waals surface area contributed by atoms with Gasteiger partial charge < -0.3 is 9.80 Å². The second kappa shape index (κ2) is 7.33. The third-order valence-electron chi connectivity index (χ3n) is 4.44. The molecule has 0 aromatic heterocycles. The van der Waals surface area contributed by atoms with E-state index in [1.165, 1.54) is 12.1 Å². The van der Waals surface area contributed by atoms with Gasteiger partial charge >= 0.3 is 6.18 Å². The van der Waals surface area contributed by atoms with Gasteiger partial charge in [-0.2, -0.15) is 13.2 Å². The molecule has 1 fully saturated rings. The lowest BCUT2D eigenvalue weighted by Gasteiger charge is -2.37. The molecule has 1 atom stereocenters. The maximum atomic E-state index is 12.9. The predicted molar refractivity (Wildman–Crippen MR) is 90.5 cm³/mol. The van der Waals surface area contributed by atoms with Crippen LogP contribution in [-0.4, -0.2) is 70.1 Å². The van der Waals surface area contributed by atoms with Gasteiger partial charge in [0.05, 0.1) is 23.5 Å². The number of halogens is 3. The molecule has 5 nitrogen and oxygen atoms in total. The van der Waals surface area contributed by atoms with Crippen molar-refractivity contribution in [3.8, 4) is 0 Å². The topological polar surface area (TPSA) is 39.1 Å². The van der Waals surface area contributed by atoms with E-state index in [-0.39, 0.29) is 4.90 Å². The number of aliphatic imine (C=N–C) groups is 1. The van der Waals surface area contributed by atoms with Crippen LogP contribution in [-0.2, 0) is 17.2 Å². The average molecular weight is 374 g/mol. The zero-order valence-electron chi connectivity index (χ0n) is 14.0. The van der Waals surface area contributed by atoms with Gasteiger partial charge in [0.25, 0.3) is 0 Å². The quantitative estimate of drug-likeness (QED) is 0.813. The van der Waals surface area contributed by atoms with E-state index in [1.54, 1.807) is 4.31 Å². The normalized spacial score (nSPS) is 20.7. The summed E-state index contributed by atoms with van der Waals surface area (Å²) in [6, 6.07) is 4.71. The van der Waals surface area contributed by atoms with Crippen molar-refractivity contribution in [2.24, 2.45) is 4.99 Å². The Hall–Kier alpha value is -1.61. The fourth-order valence-corrected chi connectivity index (χ4v) is 4.25. The van der Waals surface area contributed by atoms with Crippen LogP contribution in [0, 0.1) is 0 Å². The molecule has 0 radical (unpaired) electrons. The van der Waals surface area contributed by atoms with Crippen LogP contribution >= 0.6 is 0 Å². The number of likely N-dealkylation sites (N-methyl/N-ethyl adjacent to an activating group) is 1. The molecular weight excluding hydrogens is 353 g/mol. The fraction of sp³-hybridized carbons (Fsp3) is 0.562. The van der Waals surface area contributed by atoms with Gasteiger partial charge in [0.15, 0.2) is 11.0 Å². The van der Waals surface area contributed by atoms with Crippen molar-refractivity contribution in [3.63, 3.8) is 0 Å². The standard InChI is InChI=1S/C16H21F3N4OS/c1-2-21-8-10-22(11-9-21)15-20-6-7-23(15)25(24)14-5-3-4-13(12-14)16(17,18)19/h3-5,12H,2,6-11H2,1H3. The van der Waals surface area contributed by atoms with Crippen LogP contribution in [0.3, 0.4) is 0 Å². The molecule has 0 saturated carbocycles. The largest absolute Gasteiger partial charge is 0.416 e. The van der Waals surface area contributed by atoms with Crippen LogP contribution in [0.4, 0.5) is 13.2 Å². The molecule has 2 aliphatic rings. The molecule has 0 bridgehead atoms. The van der Waals surface area contributed by atoms with Crippen LogP contribution in [0.5, 0.6) is 0 Å². The van der Waals surface area contributed by atoms with E-state index in [9.17, 15) is 17.4 Å². The van der Waals surface area contributed by atoms with Crippen molar-refractivity contribution in [3.05, 3.63) is 29.8 Å². The minimum absolute atomic E-state index is 0.150. The van der Waals surface area contributed by atoms with Crippen molar-refractivity contribution in [2.75, 3.05) is 45.8 Å². The first-order valence-electron chi connectivity index (χ1n) is 8.28. The minimum atomic E-state index is -4.45. The van der Waals surface area contributed by atoms with E-state index in [2.05, 4.69) is 21.7 Å². The summed E-state index contributed by atoms with van der Waals surface area (Å²) in [7, 11) is -1.70. The molecule has 0 N–H and O–H groups in total. The van der Waals surface area contributed by atoms with Crippen molar-refractivity contribution in [1.82, 2.24) is 14.1 Å². The molecule has 2 heterocycles. The summed E-state index contributed by atoms with van der Waals surface area (Å²) in [5, 5.41) is 0. The van der Waals surface area contributed by atoms with E-state index < -0.39 is 22.7 Å². The SMILES string of the molecule is CCN1CCN(C2=NCCN2S(=O)c2cccc(C(F)(F)F)c2)CC1. The number of hydrogen-bond donors (Lipinski definition) is 0. The van der Waals surface area contributed by atoms with Crippen LogP contribution < -0.4 is 0 Å². The Kier molecular flexibility index (Phi) is 5.33. The first-order chi connectivity index (χ1) is 11.9. The lowest BCUT2D eigenvalue weighted by molar-refractivity contribution is -0.137. The summed E-state index contributed by atoms with van der Waals surface area (Å²) in [6.07, 6.45) is -4.45. The van der Waals surface area contributed by atoms with Gasteiger partial charge in [-0.05, 0) is 24.7 Å². The number of alkyl halides is 3. The Bertz CT molecular complexity index is 672. The molecule has 0 amide bonds. The number of piperazine rings is 1. The van der Waals surface area contributed by atoms with Crippen molar-refractivity contribution in [2.45, 2.75) is 18.0 Å². The Morgan fingerprint density at radius 2 is 1.88 bits per heavy atom. The Morgan fingerprint density at radius 3 is 2.52 bits per heavy atom. The van der Waals surface area contributed by atoms with Crippen LogP contribution in [0.1, 0.15) is 12.5 Å². The molecule has 1 saturated heterocycles. The lowest BCUT2D eigenvalue weighted by Crippen LogP contribution is -2.52. The zero-order valence-corrected chi connectivity index (χ0v) is 14.8. The fourth-order valence-electron chi connectivity index (χ4n) is 3.01. The van der Waals surface area contributed by atoms with E-state index in [0.29, 0.717) is 19.0 Å². The van der Waals surface area contributed by atoms with Gasteiger partial charge in [0.2, 0.25) is 5.96 Å². The summed E-state index contributed by atoms with van der Waals surface area (Å²) in [5.74, 6) is 0.631. The number of nitrogens with zero attached hydrogens (tertiary/aromatic N) is 4. The molecule has 3 rings (SSSR count). The predicted octanol–water partition coefficient (Wildman–Crippen LogP) is 2.04. The zero-order chi connectivity index (χ0) is 18.0.